The first-order chi connectivity index (χ1) is 22.4. The molecule has 2 aliphatic rings. The first kappa shape index (κ1) is 31.6. The van der Waals surface area contributed by atoms with Crippen molar-refractivity contribution in [3.8, 4) is 5.75 Å². The largest absolute Gasteiger partial charge is 0.610 e. The van der Waals surface area contributed by atoms with Gasteiger partial charge in [-0.3, -0.25) is 19.8 Å². The molecule has 2 aromatic carbocycles. The number of fused-ring (bicyclic) bond motifs is 1. The molecule has 0 bridgehead atoms. The van der Waals surface area contributed by atoms with E-state index >= 15 is 0 Å². The highest BCUT2D eigenvalue weighted by atomic mass is 32.2. The van der Waals surface area contributed by atoms with E-state index in [4.69, 9.17) is 14.5 Å². The Balaban J connectivity index is 1.35. The topological polar surface area (TPSA) is 144 Å². The smallest absolute Gasteiger partial charge is 0.276 e. The lowest BCUT2D eigenvalue weighted by atomic mass is 10.1. The highest BCUT2D eigenvalue weighted by Crippen LogP contribution is 2.27. The number of nitrogens with one attached hydrogen (secondary N) is 4. The number of hydrazine groups is 2. The first-order valence-electron chi connectivity index (χ1n) is 15.2. The second-order valence-corrected chi connectivity index (χ2v) is 12.6. The quantitative estimate of drug-likeness (QED) is 0.168. The fourth-order valence-corrected chi connectivity index (χ4v) is 6.76. The van der Waals surface area contributed by atoms with Gasteiger partial charge in [0.05, 0.1) is 13.2 Å². The minimum atomic E-state index is -1.38. The Hall–Kier alpha value is -4.34. The Bertz CT molecular complexity index is 1730. The molecule has 242 valence electrons. The summed E-state index contributed by atoms with van der Waals surface area (Å²) in [6.45, 7) is 2.31. The summed E-state index contributed by atoms with van der Waals surface area (Å²) in [4.78, 5) is 25.5. The van der Waals surface area contributed by atoms with Gasteiger partial charge in [0, 0.05) is 61.9 Å². The van der Waals surface area contributed by atoms with Gasteiger partial charge in [0.25, 0.3) is 10.6 Å². The van der Waals surface area contributed by atoms with Gasteiger partial charge >= 0.3 is 0 Å². The molecule has 1 fully saturated rings. The molecule has 1 saturated heterocycles. The summed E-state index contributed by atoms with van der Waals surface area (Å²) in [6, 6.07) is 19.1. The van der Waals surface area contributed by atoms with Crippen LogP contribution in [0.5, 0.6) is 5.75 Å². The van der Waals surface area contributed by atoms with Crippen molar-refractivity contribution in [1.82, 2.24) is 35.8 Å². The number of allylic oxidation sites excluding steroid dienone is 1. The van der Waals surface area contributed by atoms with Crippen LogP contribution in [0.3, 0.4) is 0 Å². The van der Waals surface area contributed by atoms with Crippen LogP contribution in [0, 0.1) is 0 Å². The standard InChI is InChI=1S/C32H39N9O4S/c1-39(24-8-5-4-6-9-24)28-18-22-19-34-32(35-23-11-13-25(14-12-23)45-26-10-7-15-33-20-26)36-29(22)41(30(28)42)21-27-31(40(2)38-37-27)46(43)17-16-44-3/h4-6,8-9,11-14,18-19,26,33,37-38H,7,10,15-17,20-21H2,1-3H3,(H,34,35,36). The van der Waals surface area contributed by atoms with Gasteiger partial charge in [0.2, 0.25) is 5.95 Å². The number of nitrogens with zero attached hydrogens (tertiary/aromatic N) is 5. The Morgan fingerprint density at radius 3 is 2.72 bits per heavy atom. The highest BCUT2D eigenvalue weighted by Gasteiger charge is 2.31. The summed E-state index contributed by atoms with van der Waals surface area (Å²) in [5.41, 5.74) is 8.96. The molecule has 13 nitrogen and oxygen atoms in total. The number of benzene rings is 2. The SMILES string of the molecule is COCC[S+]([O-])C1=C(Cn2c(=O)c(N(C)c3ccccc3)cc3cnc(Nc4ccc(OC5CCCNC5)cc4)nc32)NNN1C. The molecule has 14 heteroatoms. The molecule has 2 atom stereocenters. The zero-order chi connectivity index (χ0) is 32.0. The van der Waals surface area contributed by atoms with Crippen LogP contribution in [0.15, 0.2) is 82.4 Å². The Morgan fingerprint density at radius 1 is 1.17 bits per heavy atom. The number of hydrogen-bond acceptors (Lipinski definition) is 12. The van der Waals surface area contributed by atoms with Gasteiger partial charge < -0.3 is 29.6 Å². The second-order valence-electron chi connectivity index (χ2n) is 11.1. The maximum atomic E-state index is 14.2. The monoisotopic (exact) mass is 645 g/mol. The molecule has 0 saturated carbocycles. The van der Waals surface area contributed by atoms with Gasteiger partial charge in [-0.2, -0.15) is 4.98 Å². The van der Waals surface area contributed by atoms with Crippen LogP contribution in [0.4, 0.5) is 23.0 Å². The van der Waals surface area contributed by atoms with Crippen LogP contribution in [-0.4, -0.2) is 76.9 Å². The van der Waals surface area contributed by atoms with Crippen LogP contribution in [0.2, 0.25) is 0 Å². The number of aromatic nitrogens is 3. The summed E-state index contributed by atoms with van der Waals surface area (Å²) in [7, 11) is 5.20. The fraction of sp³-hybridized carbons (Fsp3) is 0.344. The van der Waals surface area contributed by atoms with Crippen LogP contribution in [0.1, 0.15) is 12.8 Å². The van der Waals surface area contributed by atoms with Gasteiger partial charge in [-0.25, -0.2) is 4.98 Å². The van der Waals surface area contributed by atoms with E-state index in [1.54, 1.807) is 36.0 Å². The number of piperidine rings is 1. The van der Waals surface area contributed by atoms with Crippen molar-refractivity contribution < 1.29 is 14.0 Å². The average Bonchev–Trinajstić information content (AvgIpc) is 3.45. The van der Waals surface area contributed by atoms with E-state index in [0.717, 1.165) is 43.1 Å². The lowest BCUT2D eigenvalue weighted by molar-refractivity contribution is 0.167. The normalized spacial score (nSPS) is 17.2. The summed E-state index contributed by atoms with van der Waals surface area (Å²) in [5, 5.41) is 9.50. The molecule has 4 N–H and O–H groups in total. The third-order valence-electron chi connectivity index (χ3n) is 7.92. The predicted molar refractivity (Wildman–Crippen MR) is 180 cm³/mol. The van der Waals surface area contributed by atoms with Crippen molar-refractivity contribution in [2.45, 2.75) is 25.5 Å². The van der Waals surface area contributed by atoms with E-state index < -0.39 is 11.2 Å². The van der Waals surface area contributed by atoms with E-state index in [-0.39, 0.29) is 18.2 Å². The van der Waals surface area contributed by atoms with Gasteiger partial charge in [-0.15, -0.1) is 5.53 Å². The third-order valence-corrected chi connectivity index (χ3v) is 9.41. The lowest BCUT2D eigenvalue weighted by Gasteiger charge is -2.24. The molecular weight excluding hydrogens is 606 g/mol. The summed E-state index contributed by atoms with van der Waals surface area (Å²) < 4.78 is 26.1. The van der Waals surface area contributed by atoms with Crippen LogP contribution >= 0.6 is 0 Å². The first-order valence-corrected chi connectivity index (χ1v) is 16.5. The lowest BCUT2D eigenvalue weighted by Crippen LogP contribution is -2.37. The van der Waals surface area contributed by atoms with E-state index in [1.807, 2.05) is 66.5 Å². The fourth-order valence-electron chi connectivity index (χ4n) is 5.51. The van der Waals surface area contributed by atoms with E-state index in [9.17, 15) is 9.35 Å². The molecule has 2 aromatic heterocycles. The second kappa shape index (κ2) is 14.4. The summed E-state index contributed by atoms with van der Waals surface area (Å²) in [5.74, 6) is 1.45. The van der Waals surface area contributed by atoms with Gasteiger partial charge in [0.15, 0.2) is 0 Å². The van der Waals surface area contributed by atoms with E-state index in [2.05, 4.69) is 26.6 Å². The Morgan fingerprint density at radius 2 is 1.98 bits per heavy atom. The minimum absolute atomic E-state index is 0.0930. The minimum Gasteiger partial charge on any atom is -0.610 e. The van der Waals surface area contributed by atoms with Crippen molar-refractivity contribution in [2.75, 3.05) is 56.9 Å². The summed E-state index contributed by atoms with van der Waals surface area (Å²) in [6.07, 6.45) is 4.00. The highest BCUT2D eigenvalue weighted by molar-refractivity contribution is 7.95. The van der Waals surface area contributed by atoms with Crippen molar-refractivity contribution in [1.29, 1.82) is 0 Å². The molecular formula is C32H39N9O4S. The average molecular weight is 646 g/mol. The number of ether oxygens (including phenoxy) is 2. The van der Waals surface area contributed by atoms with Crippen LogP contribution in [-0.2, 0) is 22.5 Å². The van der Waals surface area contributed by atoms with Gasteiger partial charge in [0.1, 0.15) is 34.6 Å². The van der Waals surface area contributed by atoms with Crippen molar-refractivity contribution >= 4 is 45.2 Å². The number of anilines is 4. The zero-order valence-electron chi connectivity index (χ0n) is 26.2. The number of para-hydroxylation sites is 1. The van der Waals surface area contributed by atoms with Gasteiger partial charge in [-0.05, 0) is 61.9 Å². The maximum absolute atomic E-state index is 14.2. The molecule has 6 rings (SSSR count). The maximum Gasteiger partial charge on any atom is 0.276 e. The molecule has 4 aromatic rings. The molecule has 46 heavy (non-hydrogen) atoms. The number of pyridine rings is 1. The number of hydrogen-bond donors (Lipinski definition) is 4. The van der Waals surface area contributed by atoms with Gasteiger partial charge in [-0.1, -0.05) is 18.2 Å². The van der Waals surface area contributed by atoms with Crippen LogP contribution < -0.4 is 36.8 Å². The zero-order valence-corrected chi connectivity index (χ0v) is 27.0. The summed E-state index contributed by atoms with van der Waals surface area (Å²) >= 11 is -1.38. The van der Waals surface area contributed by atoms with Crippen molar-refractivity contribution in [3.05, 3.63) is 87.9 Å². The van der Waals surface area contributed by atoms with Crippen molar-refractivity contribution in [2.24, 2.45) is 0 Å². The molecule has 0 amide bonds. The van der Waals surface area contributed by atoms with Crippen molar-refractivity contribution in [3.63, 3.8) is 0 Å². The molecule has 0 aliphatic carbocycles. The number of rotatable bonds is 12. The van der Waals surface area contributed by atoms with Crippen LogP contribution in [0.25, 0.3) is 11.0 Å². The third kappa shape index (κ3) is 7.06. The molecule has 2 unspecified atom stereocenters. The van der Waals surface area contributed by atoms with E-state index in [1.165, 1.54) is 0 Å². The molecule has 0 spiro atoms. The predicted octanol–water partition coefficient (Wildman–Crippen LogP) is 2.95. The molecule has 0 radical (unpaired) electrons. The molecule has 2 aliphatic heterocycles. The molecule has 4 heterocycles. The number of methoxy groups -OCH3 is 1. The van der Waals surface area contributed by atoms with E-state index in [0.29, 0.717) is 45.8 Å². The Kier molecular flexibility index (Phi) is 9.90. The Labute approximate surface area is 270 Å².